The highest BCUT2D eigenvalue weighted by Crippen LogP contribution is 2.23. The molecule has 4 rings (SSSR count). The maximum atomic E-state index is 12.5. The number of amides is 1. The molecule has 1 amide bonds. The van der Waals surface area contributed by atoms with E-state index in [9.17, 15) is 4.79 Å². The van der Waals surface area contributed by atoms with Crippen LogP contribution in [0.1, 0.15) is 10.4 Å². The predicted octanol–water partition coefficient (Wildman–Crippen LogP) is 5.61. The molecule has 4 nitrogen and oxygen atoms in total. The SMILES string of the molecule is O=C(Nc1ccc(SNc2ccccc2)cc1)c1ccc2ccncc2c1. The van der Waals surface area contributed by atoms with Crippen molar-refractivity contribution in [3.8, 4) is 0 Å². The molecular weight excluding hydrogens is 354 g/mol. The van der Waals surface area contributed by atoms with E-state index in [1.54, 1.807) is 12.4 Å². The summed E-state index contributed by atoms with van der Waals surface area (Å²) in [6.45, 7) is 0. The maximum absolute atomic E-state index is 12.5. The number of benzene rings is 3. The normalized spacial score (nSPS) is 10.5. The van der Waals surface area contributed by atoms with Crippen LogP contribution in [0.2, 0.25) is 0 Å². The molecule has 0 unspecified atom stereocenters. The molecule has 0 spiro atoms. The Kier molecular flexibility index (Phi) is 5.03. The Balaban J connectivity index is 1.40. The molecule has 0 radical (unpaired) electrons. The van der Waals surface area contributed by atoms with Crippen molar-refractivity contribution in [2.75, 3.05) is 10.0 Å². The zero-order valence-electron chi connectivity index (χ0n) is 14.4. The van der Waals surface area contributed by atoms with Gasteiger partial charge in [0.2, 0.25) is 0 Å². The first-order valence-electron chi connectivity index (χ1n) is 8.51. The van der Waals surface area contributed by atoms with Crippen LogP contribution in [-0.2, 0) is 0 Å². The minimum atomic E-state index is -0.136. The predicted molar refractivity (Wildman–Crippen MR) is 112 cm³/mol. The summed E-state index contributed by atoms with van der Waals surface area (Å²) < 4.78 is 3.29. The van der Waals surface area contributed by atoms with E-state index < -0.39 is 0 Å². The molecule has 0 aliphatic carbocycles. The van der Waals surface area contributed by atoms with E-state index in [1.807, 2.05) is 78.9 Å². The third kappa shape index (κ3) is 4.27. The fraction of sp³-hybridized carbons (Fsp3) is 0. The van der Waals surface area contributed by atoms with Crippen LogP contribution in [-0.4, -0.2) is 10.9 Å². The van der Waals surface area contributed by atoms with Gasteiger partial charge in [-0.3, -0.25) is 9.78 Å². The zero-order chi connectivity index (χ0) is 18.5. The molecule has 1 aromatic heterocycles. The van der Waals surface area contributed by atoms with Gasteiger partial charge in [0, 0.05) is 39.6 Å². The Morgan fingerprint density at radius 1 is 0.815 bits per heavy atom. The van der Waals surface area contributed by atoms with Crippen LogP contribution in [0, 0.1) is 0 Å². The summed E-state index contributed by atoms with van der Waals surface area (Å²) in [5.41, 5.74) is 2.42. The van der Waals surface area contributed by atoms with E-state index in [-0.39, 0.29) is 5.91 Å². The van der Waals surface area contributed by atoms with Crippen LogP contribution in [0.5, 0.6) is 0 Å². The molecule has 0 saturated carbocycles. The largest absolute Gasteiger partial charge is 0.326 e. The topological polar surface area (TPSA) is 54.0 Å². The Labute approximate surface area is 161 Å². The number of rotatable bonds is 5. The van der Waals surface area contributed by atoms with Gasteiger partial charge < -0.3 is 10.0 Å². The fourth-order valence-electron chi connectivity index (χ4n) is 2.66. The van der Waals surface area contributed by atoms with Crippen molar-refractivity contribution in [2.24, 2.45) is 0 Å². The minimum Gasteiger partial charge on any atom is -0.326 e. The summed E-state index contributed by atoms with van der Waals surface area (Å²) in [7, 11) is 0. The van der Waals surface area contributed by atoms with Crippen molar-refractivity contribution in [1.82, 2.24) is 4.98 Å². The molecular formula is C22H17N3OS. The first-order chi connectivity index (χ1) is 13.3. The number of nitrogens with one attached hydrogen (secondary N) is 2. The lowest BCUT2D eigenvalue weighted by Gasteiger charge is -2.08. The zero-order valence-corrected chi connectivity index (χ0v) is 15.2. The Morgan fingerprint density at radius 3 is 2.44 bits per heavy atom. The molecule has 0 fully saturated rings. The number of pyridine rings is 1. The Hall–Kier alpha value is -3.31. The minimum absolute atomic E-state index is 0.136. The first kappa shape index (κ1) is 17.1. The molecule has 0 atom stereocenters. The number of hydrogen-bond acceptors (Lipinski definition) is 4. The van der Waals surface area contributed by atoms with Gasteiger partial charge in [-0.25, -0.2) is 0 Å². The number of aromatic nitrogens is 1. The van der Waals surface area contributed by atoms with Crippen molar-refractivity contribution >= 4 is 40.0 Å². The van der Waals surface area contributed by atoms with E-state index in [0.717, 1.165) is 27.0 Å². The number of carbonyl (C=O) groups is 1. The molecule has 27 heavy (non-hydrogen) atoms. The van der Waals surface area contributed by atoms with E-state index in [0.29, 0.717) is 5.56 Å². The number of anilines is 2. The summed E-state index contributed by atoms with van der Waals surface area (Å²) in [6.07, 6.45) is 3.51. The van der Waals surface area contributed by atoms with Crippen LogP contribution in [0.4, 0.5) is 11.4 Å². The van der Waals surface area contributed by atoms with Gasteiger partial charge >= 0.3 is 0 Å². The fourth-order valence-corrected chi connectivity index (χ4v) is 3.30. The van der Waals surface area contributed by atoms with Gasteiger partial charge in [-0.1, -0.05) is 24.3 Å². The number of fused-ring (bicyclic) bond motifs is 1. The average molecular weight is 371 g/mol. The summed E-state index contributed by atoms with van der Waals surface area (Å²) in [5.74, 6) is -0.136. The third-order valence-corrected chi connectivity index (χ3v) is 4.92. The van der Waals surface area contributed by atoms with Gasteiger partial charge in [-0.15, -0.1) is 0 Å². The van der Waals surface area contributed by atoms with E-state index in [1.165, 1.54) is 11.9 Å². The van der Waals surface area contributed by atoms with Crippen LogP contribution >= 0.6 is 11.9 Å². The van der Waals surface area contributed by atoms with Crippen molar-refractivity contribution in [1.29, 1.82) is 0 Å². The molecule has 0 bridgehead atoms. The smallest absolute Gasteiger partial charge is 0.255 e. The van der Waals surface area contributed by atoms with Gasteiger partial charge in [0.25, 0.3) is 5.91 Å². The van der Waals surface area contributed by atoms with Crippen molar-refractivity contribution in [3.05, 3.63) is 96.8 Å². The maximum Gasteiger partial charge on any atom is 0.255 e. The third-order valence-electron chi connectivity index (χ3n) is 4.08. The van der Waals surface area contributed by atoms with E-state index >= 15 is 0 Å². The van der Waals surface area contributed by atoms with Crippen LogP contribution in [0.15, 0.2) is 96.2 Å². The van der Waals surface area contributed by atoms with Crippen LogP contribution in [0.25, 0.3) is 10.8 Å². The summed E-state index contributed by atoms with van der Waals surface area (Å²) in [5, 5.41) is 4.95. The lowest BCUT2D eigenvalue weighted by Crippen LogP contribution is -2.11. The quantitative estimate of drug-likeness (QED) is 0.448. The van der Waals surface area contributed by atoms with Gasteiger partial charge in [-0.05, 0) is 71.9 Å². The van der Waals surface area contributed by atoms with Crippen molar-refractivity contribution in [2.45, 2.75) is 4.90 Å². The summed E-state index contributed by atoms with van der Waals surface area (Å²) >= 11 is 1.53. The van der Waals surface area contributed by atoms with Gasteiger partial charge in [0.1, 0.15) is 0 Å². The second-order valence-electron chi connectivity index (χ2n) is 5.99. The Bertz CT molecular complexity index is 1070. The van der Waals surface area contributed by atoms with E-state index in [4.69, 9.17) is 0 Å². The standard InChI is InChI=1S/C22H17N3OS/c26-22(17-7-6-16-12-13-23-15-18(16)14-17)24-19-8-10-21(11-9-19)27-25-20-4-2-1-3-5-20/h1-15,25H,(H,24,26). The van der Waals surface area contributed by atoms with Crippen LogP contribution in [0.3, 0.4) is 0 Å². The molecule has 2 N–H and O–H groups in total. The van der Waals surface area contributed by atoms with Crippen LogP contribution < -0.4 is 10.0 Å². The van der Waals surface area contributed by atoms with Gasteiger partial charge in [-0.2, -0.15) is 0 Å². The highest BCUT2D eigenvalue weighted by molar-refractivity contribution is 8.00. The lowest BCUT2D eigenvalue weighted by molar-refractivity contribution is 0.102. The molecule has 4 aromatic rings. The monoisotopic (exact) mass is 371 g/mol. The lowest BCUT2D eigenvalue weighted by atomic mass is 10.1. The molecule has 1 heterocycles. The first-order valence-corrected chi connectivity index (χ1v) is 9.33. The second kappa shape index (κ2) is 7.93. The molecule has 0 aliphatic rings. The summed E-state index contributed by atoms with van der Waals surface area (Å²) in [4.78, 5) is 17.7. The molecule has 0 saturated heterocycles. The molecule has 0 aliphatic heterocycles. The summed E-state index contributed by atoms with van der Waals surface area (Å²) in [6, 6.07) is 25.3. The number of hydrogen-bond donors (Lipinski definition) is 2. The number of para-hydroxylation sites is 1. The second-order valence-corrected chi connectivity index (χ2v) is 6.87. The highest BCUT2D eigenvalue weighted by atomic mass is 32.2. The molecule has 132 valence electrons. The average Bonchev–Trinajstić information content (AvgIpc) is 2.73. The van der Waals surface area contributed by atoms with Crippen molar-refractivity contribution in [3.63, 3.8) is 0 Å². The van der Waals surface area contributed by atoms with E-state index in [2.05, 4.69) is 15.0 Å². The van der Waals surface area contributed by atoms with Crippen molar-refractivity contribution < 1.29 is 4.79 Å². The number of nitrogens with zero attached hydrogens (tertiary/aromatic N) is 1. The highest BCUT2D eigenvalue weighted by Gasteiger charge is 2.07. The van der Waals surface area contributed by atoms with Gasteiger partial charge in [0.05, 0.1) is 0 Å². The number of carbonyl (C=O) groups excluding carboxylic acids is 1. The molecule has 5 heteroatoms. The Morgan fingerprint density at radius 2 is 1.63 bits per heavy atom. The molecule has 3 aromatic carbocycles. The van der Waals surface area contributed by atoms with Gasteiger partial charge in [0.15, 0.2) is 0 Å².